The van der Waals surface area contributed by atoms with E-state index in [-0.39, 0.29) is 30.0 Å². The molecule has 0 aliphatic rings. The molecule has 0 fully saturated rings. The highest BCUT2D eigenvalue weighted by Gasteiger charge is 2.02. The van der Waals surface area contributed by atoms with Gasteiger partial charge in [0.05, 0.1) is 6.61 Å². The number of nitrogens with one attached hydrogen (secondary N) is 1. The van der Waals surface area contributed by atoms with E-state index in [1.54, 1.807) is 7.11 Å². The van der Waals surface area contributed by atoms with Gasteiger partial charge in [0.15, 0.2) is 5.96 Å². The highest BCUT2D eigenvalue weighted by molar-refractivity contribution is 14.0. The molecule has 6 heteroatoms. The van der Waals surface area contributed by atoms with Gasteiger partial charge in [0, 0.05) is 39.0 Å². The van der Waals surface area contributed by atoms with E-state index in [0.717, 1.165) is 19.5 Å². The minimum absolute atomic E-state index is 0. The Hall–Kier alpha value is -1.02. The van der Waals surface area contributed by atoms with Crippen molar-refractivity contribution < 1.29 is 4.74 Å². The molecule has 0 amide bonds. The third kappa shape index (κ3) is 8.77. The molecule has 5 nitrogen and oxygen atoms in total. The first-order valence-electron chi connectivity index (χ1n) is 6.95. The van der Waals surface area contributed by atoms with Gasteiger partial charge in [0.2, 0.25) is 0 Å². The Balaban J connectivity index is 0.00000400. The molecule has 1 unspecified atom stereocenters. The summed E-state index contributed by atoms with van der Waals surface area (Å²) in [5, 5.41) is 3.09. The lowest BCUT2D eigenvalue weighted by molar-refractivity contribution is 0.179. The number of nitrogens with zero attached hydrogens (tertiary/aromatic N) is 2. The molecular formula is C15H27IN4O. The third-order valence-electron chi connectivity index (χ3n) is 2.94. The standard InChI is InChI=1S/C15H26N4O.HI/c1-13(12-20-3)18-15(16)17-10-7-11-19(2)14-8-5-4-6-9-14;/h4-6,8-9,13H,7,10-12H2,1-3H3,(H3,16,17,18);1H. The number of benzene rings is 1. The van der Waals surface area contributed by atoms with E-state index < -0.39 is 0 Å². The van der Waals surface area contributed by atoms with Crippen LogP contribution < -0.4 is 16.0 Å². The maximum atomic E-state index is 5.80. The zero-order chi connectivity index (χ0) is 14.8. The van der Waals surface area contributed by atoms with Gasteiger partial charge in [-0.3, -0.25) is 4.99 Å². The number of nitrogens with two attached hydrogens (primary N) is 1. The fraction of sp³-hybridized carbons (Fsp3) is 0.533. The Labute approximate surface area is 145 Å². The summed E-state index contributed by atoms with van der Waals surface area (Å²) in [6.45, 7) is 4.30. The summed E-state index contributed by atoms with van der Waals surface area (Å²) in [7, 11) is 3.76. The van der Waals surface area contributed by atoms with Crippen molar-refractivity contribution in [3.8, 4) is 0 Å². The summed E-state index contributed by atoms with van der Waals surface area (Å²) in [6, 6.07) is 10.5. The molecule has 0 aliphatic heterocycles. The first kappa shape index (κ1) is 20.0. The minimum atomic E-state index is 0. The molecule has 0 saturated heterocycles. The SMILES string of the molecule is COCC(C)NC(N)=NCCCN(C)c1ccccc1.I. The average Bonchev–Trinajstić information content (AvgIpc) is 2.44. The topological polar surface area (TPSA) is 62.9 Å². The predicted octanol–water partition coefficient (Wildman–Crippen LogP) is 2.07. The number of hydrogen-bond donors (Lipinski definition) is 2. The zero-order valence-electron chi connectivity index (χ0n) is 13.1. The molecule has 1 aromatic carbocycles. The lowest BCUT2D eigenvalue weighted by Gasteiger charge is -2.18. The Morgan fingerprint density at radius 1 is 1.38 bits per heavy atom. The van der Waals surface area contributed by atoms with Gasteiger partial charge in [-0.15, -0.1) is 24.0 Å². The average molecular weight is 406 g/mol. The summed E-state index contributed by atoms with van der Waals surface area (Å²) in [5.74, 6) is 0.483. The number of hydrogen-bond acceptors (Lipinski definition) is 3. The summed E-state index contributed by atoms with van der Waals surface area (Å²) in [4.78, 5) is 6.53. The molecule has 1 rings (SSSR count). The van der Waals surface area contributed by atoms with Gasteiger partial charge in [-0.1, -0.05) is 18.2 Å². The van der Waals surface area contributed by atoms with Crippen molar-refractivity contribution in [3.05, 3.63) is 30.3 Å². The van der Waals surface area contributed by atoms with Gasteiger partial charge < -0.3 is 20.7 Å². The van der Waals surface area contributed by atoms with Gasteiger partial charge in [0.1, 0.15) is 0 Å². The second kappa shape index (κ2) is 11.6. The Bertz CT molecular complexity index is 400. The number of guanidine groups is 1. The second-order valence-corrected chi connectivity index (χ2v) is 4.88. The van der Waals surface area contributed by atoms with Crippen LogP contribution in [0, 0.1) is 0 Å². The number of rotatable bonds is 8. The molecule has 0 aliphatic carbocycles. The summed E-state index contributed by atoms with van der Waals surface area (Å²) in [5.41, 5.74) is 7.02. The maximum Gasteiger partial charge on any atom is 0.188 e. The molecule has 0 radical (unpaired) electrons. The van der Waals surface area contributed by atoms with Gasteiger partial charge in [-0.25, -0.2) is 0 Å². The molecule has 21 heavy (non-hydrogen) atoms. The van der Waals surface area contributed by atoms with Crippen LogP contribution in [0.25, 0.3) is 0 Å². The number of methoxy groups -OCH3 is 1. The van der Waals surface area contributed by atoms with Crippen LogP contribution in [-0.4, -0.2) is 45.9 Å². The van der Waals surface area contributed by atoms with E-state index >= 15 is 0 Å². The largest absolute Gasteiger partial charge is 0.383 e. The summed E-state index contributed by atoms with van der Waals surface area (Å²) >= 11 is 0. The number of aliphatic imine (C=N–C) groups is 1. The normalized spacial score (nSPS) is 12.4. The van der Waals surface area contributed by atoms with Crippen molar-refractivity contribution >= 4 is 35.6 Å². The molecule has 1 atom stereocenters. The van der Waals surface area contributed by atoms with Crippen LogP contribution in [0.15, 0.2) is 35.3 Å². The van der Waals surface area contributed by atoms with Crippen LogP contribution >= 0.6 is 24.0 Å². The van der Waals surface area contributed by atoms with Crippen molar-refractivity contribution in [1.82, 2.24) is 5.32 Å². The van der Waals surface area contributed by atoms with Crippen molar-refractivity contribution in [1.29, 1.82) is 0 Å². The second-order valence-electron chi connectivity index (χ2n) is 4.88. The number of ether oxygens (including phenoxy) is 1. The van der Waals surface area contributed by atoms with Crippen LogP contribution in [0.1, 0.15) is 13.3 Å². The van der Waals surface area contributed by atoms with Crippen LogP contribution in [0.4, 0.5) is 5.69 Å². The summed E-state index contributed by atoms with van der Waals surface area (Å²) in [6.07, 6.45) is 0.965. The monoisotopic (exact) mass is 406 g/mol. The van der Waals surface area contributed by atoms with Gasteiger partial charge in [-0.05, 0) is 25.5 Å². The van der Waals surface area contributed by atoms with Gasteiger partial charge in [-0.2, -0.15) is 0 Å². The maximum absolute atomic E-state index is 5.80. The number of para-hydroxylation sites is 1. The van der Waals surface area contributed by atoms with Crippen molar-refractivity contribution in [2.45, 2.75) is 19.4 Å². The quantitative estimate of drug-likeness (QED) is 0.300. The number of anilines is 1. The molecular weight excluding hydrogens is 379 g/mol. The highest BCUT2D eigenvalue weighted by Crippen LogP contribution is 2.10. The highest BCUT2D eigenvalue weighted by atomic mass is 127. The Morgan fingerprint density at radius 2 is 2.05 bits per heavy atom. The molecule has 0 aromatic heterocycles. The zero-order valence-corrected chi connectivity index (χ0v) is 15.4. The smallest absolute Gasteiger partial charge is 0.188 e. The minimum Gasteiger partial charge on any atom is -0.383 e. The Morgan fingerprint density at radius 3 is 2.67 bits per heavy atom. The van der Waals surface area contributed by atoms with Crippen LogP contribution in [0.5, 0.6) is 0 Å². The van der Waals surface area contributed by atoms with E-state index in [1.807, 2.05) is 25.1 Å². The van der Waals surface area contributed by atoms with E-state index in [1.165, 1.54) is 5.69 Å². The predicted molar refractivity (Wildman–Crippen MR) is 101 cm³/mol. The summed E-state index contributed by atoms with van der Waals surface area (Å²) < 4.78 is 5.03. The van der Waals surface area contributed by atoms with Gasteiger partial charge in [0.25, 0.3) is 0 Å². The van der Waals surface area contributed by atoms with E-state index in [9.17, 15) is 0 Å². The van der Waals surface area contributed by atoms with Gasteiger partial charge >= 0.3 is 0 Å². The third-order valence-corrected chi connectivity index (χ3v) is 2.94. The van der Waals surface area contributed by atoms with Crippen LogP contribution in [0.2, 0.25) is 0 Å². The van der Waals surface area contributed by atoms with E-state index in [0.29, 0.717) is 12.6 Å². The molecule has 0 saturated carbocycles. The van der Waals surface area contributed by atoms with E-state index in [2.05, 4.69) is 34.4 Å². The Kier molecular flexibility index (Phi) is 11.1. The molecule has 120 valence electrons. The molecule has 0 heterocycles. The lowest BCUT2D eigenvalue weighted by Crippen LogP contribution is -2.40. The molecule has 0 spiro atoms. The van der Waals surface area contributed by atoms with Crippen molar-refractivity contribution in [2.24, 2.45) is 10.7 Å². The molecule has 0 bridgehead atoms. The fourth-order valence-electron chi connectivity index (χ4n) is 1.91. The lowest BCUT2D eigenvalue weighted by atomic mass is 10.3. The molecule has 1 aromatic rings. The fourth-order valence-corrected chi connectivity index (χ4v) is 1.91. The first-order chi connectivity index (χ1) is 9.63. The van der Waals surface area contributed by atoms with Crippen molar-refractivity contribution in [3.63, 3.8) is 0 Å². The molecule has 3 N–H and O–H groups in total. The van der Waals surface area contributed by atoms with Crippen LogP contribution in [-0.2, 0) is 4.74 Å². The van der Waals surface area contributed by atoms with Crippen LogP contribution in [0.3, 0.4) is 0 Å². The number of halogens is 1. The first-order valence-corrected chi connectivity index (χ1v) is 6.95. The van der Waals surface area contributed by atoms with Crippen molar-refractivity contribution in [2.75, 3.05) is 38.8 Å². The van der Waals surface area contributed by atoms with E-state index in [4.69, 9.17) is 10.5 Å².